The van der Waals surface area contributed by atoms with E-state index in [1.165, 1.54) is 22.5 Å². The lowest BCUT2D eigenvalue weighted by molar-refractivity contribution is 0.0664. The zero-order valence-corrected chi connectivity index (χ0v) is 16.7. The second-order valence-corrected chi connectivity index (χ2v) is 9.40. The molecule has 0 N–H and O–H groups in total. The molecule has 26 heavy (non-hydrogen) atoms. The number of carbonyl (C=O) groups excluding carboxylic acids is 1. The standard InChI is InChI=1S/C18H26ClN3O3S/c1-20-10-12-21(13-11-20)18(23)16-14-15(6-7-17(16)19)26(24,25)22-8-4-2-3-5-9-22/h6-7,14H,2-5,8-13H2,1H3. The van der Waals surface area contributed by atoms with Gasteiger partial charge in [-0.3, -0.25) is 4.79 Å². The molecule has 144 valence electrons. The molecule has 2 heterocycles. The van der Waals surface area contributed by atoms with Crippen molar-refractivity contribution in [2.24, 2.45) is 0 Å². The maximum atomic E-state index is 13.0. The first kappa shape index (κ1) is 19.6. The van der Waals surface area contributed by atoms with Gasteiger partial charge in [-0.1, -0.05) is 24.4 Å². The molecule has 1 amide bonds. The summed E-state index contributed by atoms with van der Waals surface area (Å²) in [5, 5.41) is 0.295. The fraction of sp³-hybridized carbons (Fsp3) is 0.611. The van der Waals surface area contributed by atoms with Gasteiger partial charge in [0.05, 0.1) is 15.5 Å². The summed E-state index contributed by atoms with van der Waals surface area (Å²) in [5.41, 5.74) is 0.270. The van der Waals surface area contributed by atoms with Crippen LogP contribution in [0.15, 0.2) is 23.1 Å². The van der Waals surface area contributed by atoms with Gasteiger partial charge in [-0.15, -0.1) is 0 Å². The molecule has 2 aliphatic heterocycles. The van der Waals surface area contributed by atoms with Gasteiger partial charge in [0.1, 0.15) is 0 Å². The average molecular weight is 400 g/mol. The summed E-state index contributed by atoms with van der Waals surface area (Å²) in [6, 6.07) is 4.47. The molecule has 2 saturated heterocycles. The number of benzene rings is 1. The topological polar surface area (TPSA) is 60.9 Å². The molecule has 0 atom stereocenters. The quantitative estimate of drug-likeness (QED) is 0.782. The van der Waals surface area contributed by atoms with E-state index in [0.717, 1.165) is 38.8 Å². The molecule has 6 nitrogen and oxygen atoms in total. The zero-order chi connectivity index (χ0) is 18.7. The molecule has 3 rings (SSSR count). The van der Waals surface area contributed by atoms with Crippen LogP contribution in [0.25, 0.3) is 0 Å². The van der Waals surface area contributed by atoms with Crippen molar-refractivity contribution in [1.29, 1.82) is 0 Å². The van der Waals surface area contributed by atoms with E-state index >= 15 is 0 Å². The maximum Gasteiger partial charge on any atom is 0.255 e. The SMILES string of the molecule is CN1CCN(C(=O)c2cc(S(=O)(=O)N3CCCCCC3)ccc2Cl)CC1. The first-order valence-electron chi connectivity index (χ1n) is 9.17. The molecule has 0 unspecified atom stereocenters. The van der Waals surface area contributed by atoms with E-state index < -0.39 is 10.0 Å². The van der Waals surface area contributed by atoms with E-state index in [4.69, 9.17) is 11.6 Å². The number of sulfonamides is 1. The highest BCUT2D eigenvalue weighted by molar-refractivity contribution is 7.89. The van der Waals surface area contributed by atoms with Gasteiger partial charge >= 0.3 is 0 Å². The molecule has 2 aliphatic rings. The van der Waals surface area contributed by atoms with Gasteiger partial charge in [-0.25, -0.2) is 8.42 Å². The Morgan fingerprint density at radius 3 is 2.19 bits per heavy atom. The molecule has 0 aromatic heterocycles. The lowest BCUT2D eigenvalue weighted by Crippen LogP contribution is -2.47. The Morgan fingerprint density at radius 2 is 1.58 bits per heavy atom. The first-order chi connectivity index (χ1) is 12.4. The van der Waals surface area contributed by atoms with Crippen LogP contribution in [0.1, 0.15) is 36.0 Å². The van der Waals surface area contributed by atoms with Crippen molar-refractivity contribution in [1.82, 2.24) is 14.1 Å². The smallest absolute Gasteiger partial charge is 0.255 e. The molecule has 0 spiro atoms. The second-order valence-electron chi connectivity index (χ2n) is 7.06. The van der Waals surface area contributed by atoms with Crippen molar-refractivity contribution in [3.63, 3.8) is 0 Å². The molecule has 2 fully saturated rings. The fourth-order valence-electron chi connectivity index (χ4n) is 3.44. The minimum Gasteiger partial charge on any atom is -0.336 e. The van der Waals surface area contributed by atoms with Crippen molar-refractivity contribution in [2.45, 2.75) is 30.6 Å². The maximum absolute atomic E-state index is 13.0. The van der Waals surface area contributed by atoms with Crippen LogP contribution in [0.2, 0.25) is 5.02 Å². The largest absolute Gasteiger partial charge is 0.336 e. The number of carbonyl (C=O) groups is 1. The van der Waals surface area contributed by atoms with Crippen molar-refractivity contribution < 1.29 is 13.2 Å². The summed E-state index contributed by atoms with van der Waals surface area (Å²) in [6.45, 7) is 3.91. The average Bonchev–Trinajstić information content (AvgIpc) is 2.92. The summed E-state index contributed by atoms with van der Waals surface area (Å²) in [6.07, 6.45) is 3.86. The van der Waals surface area contributed by atoms with Crippen molar-refractivity contribution >= 4 is 27.5 Å². The Morgan fingerprint density at radius 1 is 0.962 bits per heavy atom. The highest BCUT2D eigenvalue weighted by atomic mass is 35.5. The molecular formula is C18H26ClN3O3S. The third kappa shape index (κ3) is 4.22. The fourth-order valence-corrected chi connectivity index (χ4v) is 5.18. The Hall–Kier alpha value is -1.15. The number of rotatable bonds is 3. The minimum absolute atomic E-state index is 0.154. The molecule has 0 bridgehead atoms. The van der Waals surface area contributed by atoms with Crippen LogP contribution in [0, 0.1) is 0 Å². The molecule has 1 aromatic carbocycles. The minimum atomic E-state index is -3.60. The summed E-state index contributed by atoms with van der Waals surface area (Å²) >= 11 is 6.23. The van der Waals surface area contributed by atoms with Crippen molar-refractivity contribution in [2.75, 3.05) is 46.3 Å². The molecule has 1 aromatic rings. The van der Waals surface area contributed by atoms with Crippen LogP contribution in [-0.2, 0) is 10.0 Å². The van der Waals surface area contributed by atoms with Crippen molar-refractivity contribution in [3.8, 4) is 0 Å². The van der Waals surface area contributed by atoms with Gasteiger partial charge in [-0.05, 0) is 38.1 Å². The third-order valence-corrected chi connectivity index (χ3v) is 7.39. The Bertz CT molecular complexity index is 753. The van der Waals surface area contributed by atoms with E-state index in [-0.39, 0.29) is 16.4 Å². The highest BCUT2D eigenvalue weighted by Gasteiger charge is 2.28. The number of hydrogen-bond donors (Lipinski definition) is 0. The van der Waals surface area contributed by atoms with Gasteiger partial charge in [0, 0.05) is 39.3 Å². The molecule has 0 radical (unpaired) electrons. The number of nitrogens with zero attached hydrogens (tertiary/aromatic N) is 3. The zero-order valence-electron chi connectivity index (χ0n) is 15.2. The van der Waals surface area contributed by atoms with Gasteiger partial charge in [-0.2, -0.15) is 4.31 Å². The van der Waals surface area contributed by atoms with Gasteiger partial charge < -0.3 is 9.80 Å². The number of amides is 1. The molecule has 0 saturated carbocycles. The number of likely N-dealkylation sites (N-methyl/N-ethyl adjacent to an activating group) is 1. The molecule has 8 heteroatoms. The number of piperazine rings is 1. The predicted molar refractivity (Wildman–Crippen MR) is 102 cm³/mol. The second kappa shape index (κ2) is 8.25. The molecule has 0 aliphatic carbocycles. The lowest BCUT2D eigenvalue weighted by atomic mass is 10.2. The number of halogens is 1. The number of hydrogen-bond acceptors (Lipinski definition) is 4. The van der Waals surface area contributed by atoms with Crippen molar-refractivity contribution in [3.05, 3.63) is 28.8 Å². The highest BCUT2D eigenvalue weighted by Crippen LogP contribution is 2.26. The normalized spacial score (nSPS) is 20.8. The predicted octanol–water partition coefficient (Wildman–Crippen LogP) is 2.29. The van der Waals surface area contributed by atoms with E-state index in [2.05, 4.69) is 4.90 Å². The van der Waals surface area contributed by atoms with E-state index in [0.29, 0.717) is 31.2 Å². The van der Waals surface area contributed by atoms with Crippen LogP contribution >= 0.6 is 11.6 Å². The summed E-state index contributed by atoms with van der Waals surface area (Å²) in [5.74, 6) is -0.198. The van der Waals surface area contributed by atoms with Crippen LogP contribution in [0.4, 0.5) is 0 Å². The van der Waals surface area contributed by atoms with E-state index in [9.17, 15) is 13.2 Å². The lowest BCUT2D eigenvalue weighted by Gasteiger charge is -2.32. The summed E-state index contributed by atoms with van der Waals surface area (Å²) in [7, 11) is -1.58. The van der Waals surface area contributed by atoms with Crippen LogP contribution in [0.3, 0.4) is 0 Å². The van der Waals surface area contributed by atoms with Gasteiger partial charge in [0.15, 0.2) is 0 Å². The monoisotopic (exact) mass is 399 g/mol. The molecular weight excluding hydrogens is 374 g/mol. The summed E-state index contributed by atoms with van der Waals surface area (Å²) in [4.78, 5) is 16.9. The Balaban J connectivity index is 1.86. The Kier molecular flexibility index (Phi) is 6.22. The van der Waals surface area contributed by atoms with Gasteiger partial charge in [0.2, 0.25) is 10.0 Å². The van der Waals surface area contributed by atoms with E-state index in [1.807, 2.05) is 7.05 Å². The van der Waals surface area contributed by atoms with Crippen LogP contribution in [-0.4, -0.2) is 74.7 Å². The first-order valence-corrected chi connectivity index (χ1v) is 11.0. The van der Waals surface area contributed by atoms with E-state index in [1.54, 1.807) is 4.90 Å². The third-order valence-electron chi connectivity index (χ3n) is 5.16. The Labute approximate surface area is 160 Å². The summed E-state index contributed by atoms with van der Waals surface area (Å²) < 4.78 is 27.5. The van der Waals surface area contributed by atoms with Crippen LogP contribution < -0.4 is 0 Å². The van der Waals surface area contributed by atoms with Gasteiger partial charge in [0.25, 0.3) is 5.91 Å². The van der Waals surface area contributed by atoms with Crippen LogP contribution in [0.5, 0.6) is 0 Å².